The van der Waals surface area contributed by atoms with E-state index >= 15 is 0 Å². The highest BCUT2D eigenvalue weighted by atomic mass is 35.5. The highest BCUT2D eigenvalue weighted by molar-refractivity contribution is 6.30. The second-order valence-electron chi connectivity index (χ2n) is 6.46. The lowest BCUT2D eigenvalue weighted by Crippen LogP contribution is -2.34. The lowest BCUT2D eigenvalue weighted by Gasteiger charge is -2.21. The lowest BCUT2D eigenvalue weighted by molar-refractivity contribution is -0.174. The molecule has 128 valence electrons. The van der Waals surface area contributed by atoms with E-state index in [4.69, 9.17) is 21.1 Å². The molecule has 1 aromatic rings. The summed E-state index contributed by atoms with van der Waals surface area (Å²) < 4.78 is 10.1. The molecule has 0 aromatic heterocycles. The number of alkyl carbamates (subject to hydrolysis) is 1. The Kier molecular flexibility index (Phi) is 6.88. The molecule has 0 fully saturated rings. The van der Waals surface area contributed by atoms with Crippen molar-refractivity contribution < 1.29 is 19.1 Å². The van der Waals surface area contributed by atoms with Crippen LogP contribution in [-0.2, 0) is 14.3 Å². The van der Waals surface area contributed by atoms with Gasteiger partial charge in [-0.15, -0.1) is 0 Å². The Labute approximate surface area is 142 Å². The summed E-state index contributed by atoms with van der Waals surface area (Å²) in [6, 6.07) is 7.43. The first-order valence-corrected chi connectivity index (χ1v) is 7.88. The summed E-state index contributed by atoms with van der Waals surface area (Å²) in [6.07, 6.45) is -1.56. The first-order chi connectivity index (χ1) is 10.6. The maximum absolute atomic E-state index is 11.7. The minimum Gasteiger partial charge on any atom is -0.425 e. The highest BCUT2D eigenvalue weighted by Crippen LogP contribution is 2.18. The number of hydrogen-bond donors (Lipinski definition) is 1. The molecule has 0 aliphatic heterocycles. The number of hydrogen-bond acceptors (Lipinski definition) is 4. The Morgan fingerprint density at radius 2 is 1.70 bits per heavy atom. The molecular formula is C17H24ClNO4. The van der Waals surface area contributed by atoms with Crippen LogP contribution in [0.15, 0.2) is 24.3 Å². The number of nitrogens with one attached hydrogen (secondary N) is 1. The molecular weight excluding hydrogens is 318 g/mol. The second kappa shape index (κ2) is 8.20. The van der Waals surface area contributed by atoms with Crippen LogP contribution in [0.25, 0.3) is 0 Å². The van der Waals surface area contributed by atoms with Gasteiger partial charge in [0, 0.05) is 18.5 Å². The van der Waals surface area contributed by atoms with Crippen molar-refractivity contribution in [1.82, 2.24) is 5.32 Å². The molecule has 0 aliphatic rings. The van der Waals surface area contributed by atoms with E-state index in [-0.39, 0.29) is 5.92 Å². The van der Waals surface area contributed by atoms with Gasteiger partial charge in [0.25, 0.3) is 0 Å². The summed E-state index contributed by atoms with van der Waals surface area (Å²) in [7, 11) is 0. The zero-order chi connectivity index (χ0) is 17.6. The lowest BCUT2D eigenvalue weighted by atomic mass is 9.97. The van der Waals surface area contributed by atoms with Crippen molar-refractivity contribution in [2.75, 3.05) is 6.54 Å². The number of halogens is 1. The third kappa shape index (κ3) is 6.91. The molecule has 0 saturated heterocycles. The van der Waals surface area contributed by atoms with Crippen molar-refractivity contribution >= 4 is 23.7 Å². The number of esters is 1. The van der Waals surface area contributed by atoms with Gasteiger partial charge in [-0.2, -0.15) is 0 Å². The second-order valence-corrected chi connectivity index (χ2v) is 6.90. The molecule has 6 heteroatoms. The predicted molar refractivity (Wildman–Crippen MR) is 89.4 cm³/mol. The van der Waals surface area contributed by atoms with E-state index in [0.717, 1.165) is 5.56 Å². The summed E-state index contributed by atoms with van der Waals surface area (Å²) in [6.45, 7) is 9.08. The molecule has 0 heterocycles. The quantitative estimate of drug-likeness (QED) is 0.646. The van der Waals surface area contributed by atoms with Crippen LogP contribution in [0, 0.1) is 5.41 Å². The molecule has 23 heavy (non-hydrogen) atoms. The van der Waals surface area contributed by atoms with Gasteiger partial charge in [-0.3, -0.25) is 4.79 Å². The fourth-order valence-corrected chi connectivity index (χ4v) is 1.82. The van der Waals surface area contributed by atoms with E-state index in [0.29, 0.717) is 11.6 Å². The zero-order valence-electron chi connectivity index (χ0n) is 14.2. The van der Waals surface area contributed by atoms with Crippen LogP contribution in [-0.4, -0.2) is 24.9 Å². The predicted octanol–water partition coefficient (Wildman–Crippen LogP) is 4.11. The summed E-state index contributed by atoms with van der Waals surface area (Å²) >= 11 is 5.84. The van der Waals surface area contributed by atoms with Gasteiger partial charge < -0.3 is 14.8 Å². The van der Waals surface area contributed by atoms with Crippen LogP contribution in [0.2, 0.25) is 5.02 Å². The van der Waals surface area contributed by atoms with E-state index < -0.39 is 23.8 Å². The van der Waals surface area contributed by atoms with Gasteiger partial charge >= 0.3 is 12.1 Å². The SMILES string of the molecule is CC(OC(=O)NC[C@H](C)c1ccc(Cl)cc1)OC(=O)C(C)(C)C. The van der Waals surface area contributed by atoms with Crippen molar-refractivity contribution in [3.05, 3.63) is 34.9 Å². The molecule has 0 bridgehead atoms. The van der Waals surface area contributed by atoms with E-state index in [9.17, 15) is 9.59 Å². The molecule has 0 radical (unpaired) electrons. The molecule has 1 rings (SSSR count). The topological polar surface area (TPSA) is 64.6 Å². The summed E-state index contributed by atoms with van der Waals surface area (Å²) in [5.41, 5.74) is 0.416. The smallest absolute Gasteiger partial charge is 0.410 e. The van der Waals surface area contributed by atoms with Crippen molar-refractivity contribution in [2.24, 2.45) is 5.41 Å². The molecule has 0 saturated carbocycles. The van der Waals surface area contributed by atoms with Crippen LogP contribution in [0.5, 0.6) is 0 Å². The highest BCUT2D eigenvalue weighted by Gasteiger charge is 2.26. The summed E-state index contributed by atoms with van der Waals surface area (Å²) in [4.78, 5) is 23.4. The van der Waals surface area contributed by atoms with Gasteiger partial charge in [0.05, 0.1) is 5.41 Å². The Bertz CT molecular complexity index is 537. The minimum absolute atomic E-state index is 0.104. The van der Waals surface area contributed by atoms with Crippen molar-refractivity contribution in [3.8, 4) is 0 Å². The minimum atomic E-state index is -0.937. The number of carbonyl (C=O) groups is 2. The number of amides is 1. The molecule has 1 N–H and O–H groups in total. The standard InChI is InChI=1S/C17H24ClNO4/c1-11(13-6-8-14(18)9-7-13)10-19-16(21)23-12(2)22-15(20)17(3,4)5/h6-9,11-12H,10H2,1-5H3,(H,19,21)/t11-,12?/m0/s1. The van der Waals surface area contributed by atoms with E-state index in [1.807, 2.05) is 19.1 Å². The van der Waals surface area contributed by atoms with E-state index in [1.54, 1.807) is 32.9 Å². The third-order valence-corrected chi connectivity index (χ3v) is 3.40. The van der Waals surface area contributed by atoms with E-state index in [1.165, 1.54) is 6.92 Å². The van der Waals surface area contributed by atoms with Gasteiger partial charge in [0.15, 0.2) is 0 Å². The first-order valence-electron chi connectivity index (χ1n) is 7.50. The Morgan fingerprint density at radius 3 is 2.22 bits per heavy atom. The van der Waals surface area contributed by atoms with Crippen LogP contribution in [0.4, 0.5) is 4.79 Å². The average Bonchev–Trinajstić information content (AvgIpc) is 2.44. The van der Waals surface area contributed by atoms with Gasteiger partial charge in [-0.25, -0.2) is 4.79 Å². The molecule has 1 amide bonds. The van der Waals surface area contributed by atoms with Crippen molar-refractivity contribution in [2.45, 2.75) is 46.8 Å². The van der Waals surface area contributed by atoms with Crippen LogP contribution >= 0.6 is 11.6 Å². The summed E-state index contributed by atoms with van der Waals surface area (Å²) in [5.74, 6) is -0.320. The molecule has 2 atom stereocenters. The Morgan fingerprint density at radius 1 is 1.13 bits per heavy atom. The van der Waals surface area contributed by atoms with Crippen molar-refractivity contribution in [1.29, 1.82) is 0 Å². The van der Waals surface area contributed by atoms with Crippen LogP contribution in [0.1, 0.15) is 46.1 Å². The first kappa shape index (κ1) is 19.3. The largest absolute Gasteiger partial charge is 0.425 e. The normalized spacial score (nSPS) is 13.8. The maximum Gasteiger partial charge on any atom is 0.410 e. The number of ether oxygens (including phenoxy) is 2. The van der Waals surface area contributed by atoms with Gasteiger partial charge in [-0.05, 0) is 44.4 Å². The number of benzene rings is 1. The Balaban J connectivity index is 2.39. The summed E-state index contributed by atoms with van der Waals surface area (Å²) in [5, 5.41) is 3.32. The van der Waals surface area contributed by atoms with E-state index in [2.05, 4.69) is 5.32 Å². The molecule has 0 spiro atoms. The maximum atomic E-state index is 11.7. The third-order valence-electron chi connectivity index (χ3n) is 3.15. The molecule has 0 aliphatic carbocycles. The Hall–Kier alpha value is -1.75. The van der Waals surface area contributed by atoms with Crippen LogP contribution in [0.3, 0.4) is 0 Å². The fraction of sp³-hybridized carbons (Fsp3) is 0.529. The number of rotatable bonds is 5. The van der Waals surface area contributed by atoms with Gasteiger partial charge in [0.2, 0.25) is 6.29 Å². The monoisotopic (exact) mass is 341 g/mol. The number of carbonyl (C=O) groups excluding carboxylic acids is 2. The molecule has 1 unspecified atom stereocenters. The molecule has 5 nitrogen and oxygen atoms in total. The van der Waals surface area contributed by atoms with Gasteiger partial charge in [0.1, 0.15) is 0 Å². The fourth-order valence-electron chi connectivity index (χ4n) is 1.69. The van der Waals surface area contributed by atoms with Gasteiger partial charge in [-0.1, -0.05) is 30.7 Å². The average molecular weight is 342 g/mol. The van der Waals surface area contributed by atoms with Crippen LogP contribution < -0.4 is 5.32 Å². The zero-order valence-corrected chi connectivity index (χ0v) is 14.9. The molecule has 1 aromatic carbocycles. The van der Waals surface area contributed by atoms with Crippen molar-refractivity contribution in [3.63, 3.8) is 0 Å².